The Morgan fingerprint density at radius 3 is 2.33 bits per heavy atom. The number of aryl methyl sites for hydroxylation is 1. The van der Waals surface area contributed by atoms with E-state index in [9.17, 15) is 4.79 Å². The quantitative estimate of drug-likeness (QED) is 0.292. The molecule has 1 aromatic heterocycles. The van der Waals surface area contributed by atoms with Crippen LogP contribution in [0.4, 0.5) is 11.6 Å². The number of amides is 1. The number of nitrogens with zero attached hydrogens (tertiary/aromatic N) is 2. The van der Waals surface area contributed by atoms with E-state index in [4.69, 9.17) is 9.47 Å². The molecular formula is C29H30N4O3. The summed E-state index contributed by atoms with van der Waals surface area (Å²) in [6.07, 6.45) is 3.57. The number of anilines is 2. The molecule has 184 valence electrons. The lowest BCUT2D eigenvalue weighted by molar-refractivity contribution is 0.0951. The average molecular weight is 483 g/mol. The highest BCUT2D eigenvalue weighted by Gasteiger charge is 2.10. The second-order valence-corrected chi connectivity index (χ2v) is 8.20. The molecule has 1 heterocycles. The zero-order chi connectivity index (χ0) is 25.3. The third-order valence-corrected chi connectivity index (χ3v) is 5.45. The van der Waals surface area contributed by atoms with Crippen LogP contribution in [0.3, 0.4) is 0 Å². The fraction of sp³-hybridized carbons (Fsp3) is 0.207. The number of aromatic nitrogens is 2. The molecular weight excluding hydrogens is 452 g/mol. The van der Waals surface area contributed by atoms with E-state index in [1.54, 1.807) is 24.5 Å². The van der Waals surface area contributed by atoms with Gasteiger partial charge in [-0.15, -0.1) is 0 Å². The van der Waals surface area contributed by atoms with Crippen molar-refractivity contribution in [2.24, 2.45) is 0 Å². The number of nitrogens with one attached hydrogen (secondary N) is 2. The van der Waals surface area contributed by atoms with Crippen molar-refractivity contribution in [3.63, 3.8) is 0 Å². The molecule has 7 nitrogen and oxygen atoms in total. The Hall–Kier alpha value is -4.39. The van der Waals surface area contributed by atoms with Crippen molar-refractivity contribution in [1.29, 1.82) is 0 Å². The van der Waals surface area contributed by atoms with Gasteiger partial charge in [-0.3, -0.25) is 4.79 Å². The predicted octanol–water partition coefficient (Wildman–Crippen LogP) is 5.92. The van der Waals surface area contributed by atoms with Gasteiger partial charge >= 0.3 is 0 Å². The molecule has 0 spiro atoms. The number of ether oxygens (including phenoxy) is 2. The lowest BCUT2D eigenvalue weighted by Crippen LogP contribution is -2.22. The van der Waals surface area contributed by atoms with Crippen molar-refractivity contribution in [3.05, 3.63) is 95.8 Å². The zero-order valence-electron chi connectivity index (χ0n) is 20.7. The maximum Gasteiger partial charge on any atom is 0.251 e. The van der Waals surface area contributed by atoms with Gasteiger partial charge in [-0.2, -0.15) is 0 Å². The first-order valence-electron chi connectivity index (χ1n) is 12.0. The lowest BCUT2D eigenvalue weighted by Gasteiger charge is -2.13. The van der Waals surface area contributed by atoms with E-state index < -0.39 is 0 Å². The highest BCUT2D eigenvalue weighted by molar-refractivity contribution is 5.95. The molecule has 0 saturated heterocycles. The molecule has 7 heteroatoms. The molecule has 0 aliphatic rings. The molecule has 0 atom stereocenters. The second kappa shape index (κ2) is 11.8. The van der Waals surface area contributed by atoms with Gasteiger partial charge < -0.3 is 20.1 Å². The molecule has 3 aromatic carbocycles. The van der Waals surface area contributed by atoms with Crippen molar-refractivity contribution in [1.82, 2.24) is 15.3 Å². The Balaban J connectivity index is 1.39. The van der Waals surface area contributed by atoms with Crippen LogP contribution in [0.2, 0.25) is 0 Å². The van der Waals surface area contributed by atoms with Crippen LogP contribution in [0.25, 0.3) is 11.1 Å². The van der Waals surface area contributed by atoms with Crippen LogP contribution in [0.5, 0.6) is 11.5 Å². The number of carbonyl (C=O) groups is 1. The molecule has 4 rings (SSSR count). The maximum absolute atomic E-state index is 12.8. The first-order chi connectivity index (χ1) is 17.6. The van der Waals surface area contributed by atoms with E-state index in [0.29, 0.717) is 42.8 Å². The van der Waals surface area contributed by atoms with Gasteiger partial charge in [0.25, 0.3) is 5.91 Å². The number of rotatable bonds is 10. The van der Waals surface area contributed by atoms with Crippen LogP contribution in [-0.4, -0.2) is 29.1 Å². The van der Waals surface area contributed by atoms with E-state index in [0.717, 1.165) is 22.4 Å². The minimum absolute atomic E-state index is 0.179. The molecule has 0 aliphatic carbocycles. The van der Waals surface area contributed by atoms with Crippen LogP contribution in [-0.2, 0) is 6.54 Å². The summed E-state index contributed by atoms with van der Waals surface area (Å²) in [4.78, 5) is 21.7. The zero-order valence-corrected chi connectivity index (χ0v) is 20.7. The molecule has 0 saturated carbocycles. The minimum atomic E-state index is -0.179. The van der Waals surface area contributed by atoms with Gasteiger partial charge in [0.2, 0.25) is 5.95 Å². The van der Waals surface area contributed by atoms with Crippen molar-refractivity contribution < 1.29 is 14.3 Å². The minimum Gasteiger partial charge on any atom is -0.490 e. The summed E-state index contributed by atoms with van der Waals surface area (Å²) in [5.41, 5.74) is 5.38. The summed E-state index contributed by atoms with van der Waals surface area (Å²) in [6, 6.07) is 21.1. The second-order valence-electron chi connectivity index (χ2n) is 8.20. The molecule has 0 unspecified atom stereocenters. The highest BCUT2D eigenvalue weighted by Crippen LogP contribution is 2.28. The number of carbonyl (C=O) groups excluding carboxylic acids is 1. The summed E-state index contributed by atoms with van der Waals surface area (Å²) < 4.78 is 11.3. The van der Waals surface area contributed by atoms with Crippen molar-refractivity contribution >= 4 is 17.5 Å². The van der Waals surface area contributed by atoms with E-state index in [1.165, 1.54) is 5.56 Å². The van der Waals surface area contributed by atoms with Gasteiger partial charge in [0, 0.05) is 35.8 Å². The number of benzene rings is 3. The summed E-state index contributed by atoms with van der Waals surface area (Å²) in [6.45, 7) is 7.37. The molecule has 0 bridgehead atoms. The fourth-order valence-electron chi connectivity index (χ4n) is 3.72. The first kappa shape index (κ1) is 24.7. The normalized spacial score (nSPS) is 10.5. The monoisotopic (exact) mass is 482 g/mol. The Bertz CT molecular complexity index is 1320. The van der Waals surface area contributed by atoms with Gasteiger partial charge in [-0.25, -0.2) is 9.97 Å². The summed E-state index contributed by atoms with van der Waals surface area (Å²) in [7, 11) is 0. The van der Waals surface area contributed by atoms with Gasteiger partial charge in [0.05, 0.1) is 13.2 Å². The topological polar surface area (TPSA) is 85.4 Å². The van der Waals surface area contributed by atoms with Crippen molar-refractivity contribution in [3.8, 4) is 22.6 Å². The molecule has 1 amide bonds. The van der Waals surface area contributed by atoms with Crippen LogP contribution >= 0.6 is 0 Å². The molecule has 0 radical (unpaired) electrons. The van der Waals surface area contributed by atoms with E-state index in [1.807, 2.05) is 56.3 Å². The van der Waals surface area contributed by atoms with Gasteiger partial charge in [-0.05, 0) is 62.2 Å². The van der Waals surface area contributed by atoms with Gasteiger partial charge in [0.1, 0.15) is 0 Å². The molecule has 0 fully saturated rings. The Kier molecular flexibility index (Phi) is 8.13. The molecule has 0 aliphatic heterocycles. The number of hydrogen-bond donors (Lipinski definition) is 2. The summed E-state index contributed by atoms with van der Waals surface area (Å²) in [5, 5.41) is 6.13. The smallest absolute Gasteiger partial charge is 0.251 e. The largest absolute Gasteiger partial charge is 0.490 e. The number of hydrogen-bond acceptors (Lipinski definition) is 6. The highest BCUT2D eigenvalue weighted by atomic mass is 16.5. The summed E-state index contributed by atoms with van der Waals surface area (Å²) >= 11 is 0. The third kappa shape index (κ3) is 6.39. The predicted molar refractivity (Wildman–Crippen MR) is 142 cm³/mol. The van der Waals surface area contributed by atoms with Crippen molar-refractivity contribution in [2.75, 3.05) is 18.5 Å². The third-order valence-electron chi connectivity index (χ3n) is 5.45. The van der Waals surface area contributed by atoms with Crippen LogP contribution in [0.1, 0.15) is 35.3 Å². The Morgan fingerprint density at radius 1 is 0.833 bits per heavy atom. The summed E-state index contributed by atoms with van der Waals surface area (Å²) in [5.74, 6) is 1.65. The van der Waals surface area contributed by atoms with Crippen molar-refractivity contribution in [2.45, 2.75) is 27.3 Å². The standard InChI is InChI=1S/C29H30N4O3/c1-4-35-26-13-12-21(15-27(26)36-5-2)17-30-28(34)23-10-7-11-25(16-23)33-29-31-18-24(19-32-29)22-9-6-8-20(3)14-22/h6-16,18-19H,4-5,17H2,1-3H3,(H,30,34)(H,31,32,33). The average Bonchev–Trinajstić information content (AvgIpc) is 2.89. The molecule has 2 N–H and O–H groups in total. The van der Waals surface area contributed by atoms with E-state index in [-0.39, 0.29) is 5.91 Å². The lowest BCUT2D eigenvalue weighted by atomic mass is 10.1. The maximum atomic E-state index is 12.8. The van der Waals surface area contributed by atoms with Gasteiger partial charge in [-0.1, -0.05) is 42.0 Å². The van der Waals surface area contributed by atoms with Crippen LogP contribution < -0.4 is 20.1 Å². The Morgan fingerprint density at radius 2 is 1.58 bits per heavy atom. The van der Waals surface area contributed by atoms with E-state index >= 15 is 0 Å². The Labute approximate surface area is 211 Å². The van der Waals surface area contributed by atoms with E-state index in [2.05, 4.69) is 39.7 Å². The first-order valence-corrected chi connectivity index (χ1v) is 12.0. The SMILES string of the molecule is CCOc1ccc(CNC(=O)c2cccc(Nc3ncc(-c4cccc(C)c4)cn3)c2)cc1OCC. The molecule has 4 aromatic rings. The van der Waals surface area contributed by atoms with Crippen LogP contribution in [0.15, 0.2) is 79.1 Å². The van der Waals surface area contributed by atoms with Gasteiger partial charge in [0.15, 0.2) is 11.5 Å². The fourth-order valence-corrected chi connectivity index (χ4v) is 3.72. The molecule has 36 heavy (non-hydrogen) atoms. The van der Waals surface area contributed by atoms with Crippen LogP contribution in [0, 0.1) is 6.92 Å².